The van der Waals surface area contributed by atoms with E-state index in [1.165, 1.54) is 0 Å². The predicted octanol–water partition coefficient (Wildman–Crippen LogP) is 3.89. The molecule has 0 atom stereocenters. The Bertz CT molecular complexity index is 640. The summed E-state index contributed by atoms with van der Waals surface area (Å²) in [6.07, 6.45) is 1.64. The molecule has 0 spiro atoms. The van der Waals surface area contributed by atoms with E-state index in [1.54, 1.807) is 6.26 Å². The SMILES string of the molecule is Cc1cc(Br)cc2[nH]c(-c3ccco3)nc12. The number of rotatable bonds is 1. The number of furan rings is 1. The second-order valence-electron chi connectivity index (χ2n) is 3.68. The summed E-state index contributed by atoms with van der Waals surface area (Å²) in [6, 6.07) is 7.81. The zero-order chi connectivity index (χ0) is 11.1. The average molecular weight is 277 g/mol. The summed E-state index contributed by atoms with van der Waals surface area (Å²) < 4.78 is 6.36. The van der Waals surface area contributed by atoms with E-state index in [9.17, 15) is 0 Å². The molecule has 16 heavy (non-hydrogen) atoms. The number of hydrogen-bond acceptors (Lipinski definition) is 2. The second-order valence-corrected chi connectivity index (χ2v) is 4.60. The Morgan fingerprint density at radius 1 is 1.38 bits per heavy atom. The molecule has 0 saturated heterocycles. The summed E-state index contributed by atoms with van der Waals surface area (Å²) in [7, 11) is 0. The molecule has 4 heteroatoms. The lowest BCUT2D eigenvalue weighted by Gasteiger charge is -1.94. The lowest BCUT2D eigenvalue weighted by Crippen LogP contribution is -1.77. The Kier molecular flexibility index (Phi) is 2.11. The van der Waals surface area contributed by atoms with E-state index < -0.39 is 0 Å². The molecule has 0 fully saturated rings. The number of benzene rings is 1. The number of halogens is 1. The fourth-order valence-electron chi connectivity index (χ4n) is 1.78. The highest BCUT2D eigenvalue weighted by molar-refractivity contribution is 9.10. The van der Waals surface area contributed by atoms with E-state index in [2.05, 4.69) is 32.0 Å². The summed E-state index contributed by atoms with van der Waals surface area (Å²) in [5.74, 6) is 1.52. The first-order valence-corrected chi connectivity index (χ1v) is 5.73. The third-order valence-corrected chi connectivity index (χ3v) is 2.95. The van der Waals surface area contributed by atoms with Gasteiger partial charge in [-0.25, -0.2) is 4.98 Å². The zero-order valence-corrected chi connectivity index (χ0v) is 10.2. The molecular weight excluding hydrogens is 268 g/mol. The van der Waals surface area contributed by atoms with Crippen molar-refractivity contribution in [2.24, 2.45) is 0 Å². The van der Waals surface area contributed by atoms with Gasteiger partial charge in [0.25, 0.3) is 0 Å². The van der Waals surface area contributed by atoms with Gasteiger partial charge >= 0.3 is 0 Å². The minimum atomic E-state index is 0.756. The van der Waals surface area contributed by atoms with Crippen molar-refractivity contribution in [3.63, 3.8) is 0 Å². The zero-order valence-electron chi connectivity index (χ0n) is 8.62. The van der Waals surface area contributed by atoms with Crippen molar-refractivity contribution in [3.05, 3.63) is 40.6 Å². The van der Waals surface area contributed by atoms with E-state index in [1.807, 2.05) is 25.1 Å². The number of hydrogen-bond donors (Lipinski definition) is 1. The van der Waals surface area contributed by atoms with Crippen LogP contribution in [0.5, 0.6) is 0 Å². The number of aryl methyl sites for hydroxylation is 1. The van der Waals surface area contributed by atoms with E-state index in [0.717, 1.165) is 32.7 Å². The molecule has 2 heterocycles. The Hall–Kier alpha value is -1.55. The van der Waals surface area contributed by atoms with Gasteiger partial charge in [-0.15, -0.1) is 0 Å². The first kappa shape index (κ1) is 9.66. The number of H-pyrrole nitrogens is 1. The summed E-state index contributed by atoms with van der Waals surface area (Å²) in [5, 5.41) is 0. The molecule has 3 nitrogen and oxygen atoms in total. The van der Waals surface area contributed by atoms with Crippen LogP contribution < -0.4 is 0 Å². The van der Waals surface area contributed by atoms with Gasteiger partial charge in [-0.3, -0.25) is 0 Å². The molecule has 3 rings (SSSR count). The van der Waals surface area contributed by atoms with E-state index >= 15 is 0 Å². The Balaban J connectivity index is 2.27. The third kappa shape index (κ3) is 1.46. The van der Waals surface area contributed by atoms with E-state index in [4.69, 9.17) is 4.42 Å². The van der Waals surface area contributed by atoms with Crippen LogP contribution in [0.3, 0.4) is 0 Å². The van der Waals surface area contributed by atoms with Gasteiger partial charge in [-0.05, 0) is 36.8 Å². The van der Waals surface area contributed by atoms with Gasteiger partial charge in [-0.2, -0.15) is 0 Å². The number of imidazole rings is 1. The maximum atomic E-state index is 5.31. The topological polar surface area (TPSA) is 41.8 Å². The van der Waals surface area contributed by atoms with Crippen LogP contribution in [0.2, 0.25) is 0 Å². The number of nitrogens with zero attached hydrogens (tertiary/aromatic N) is 1. The summed E-state index contributed by atoms with van der Waals surface area (Å²) in [4.78, 5) is 7.77. The van der Waals surface area contributed by atoms with Gasteiger partial charge in [0.2, 0.25) is 0 Å². The van der Waals surface area contributed by atoms with Gasteiger partial charge in [0, 0.05) is 4.47 Å². The maximum Gasteiger partial charge on any atom is 0.174 e. The summed E-state index contributed by atoms with van der Waals surface area (Å²) >= 11 is 3.47. The van der Waals surface area contributed by atoms with Crippen molar-refractivity contribution in [2.45, 2.75) is 6.92 Å². The normalized spacial score (nSPS) is 11.1. The molecule has 80 valence electrons. The van der Waals surface area contributed by atoms with E-state index in [-0.39, 0.29) is 0 Å². The van der Waals surface area contributed by atoms with Crippen LogP contribution in [-0.2, 0) is 0 Å². The molecule has 1 N–H and O–H groups in total. The average Bonchev–Trinajstić information content (AvgIpc) is 2.82. The molecule has 0 radical (unpaired) electrons. The van der Waals surface area contributed by atoms with Gasteiger partial charge in [0.15, 0.2) is 11.6 Å². The maximum absolute atomic E-state index is 5.31. The Morgan fingerprint density at radius 3 is 3.00 bits per heavy atom. The minimum absolute atomic E-state index is 0.756. The molecule has 0 aliphatic rings. The standard InChI is InChI=1S/C12H9BrN2O/c1-7-5-8(13)6-9-11(7)15-12(14-9)10-3-2-4-16-10/h2-6H,1H3,(H,14,15). The molecule has 0 bridgehead atoms. The molecule has 2 aromatic heterocycles. The smallest absolute Gasteiger partial charge is 0.174 e. The number of fused-ring (bicyclic) bond motifs is 1. The van der Waals surface area contributed by atoms with Crippen molar-refractivity contribution in [3.8, 4) is 11.6 Å². The third-order valence-electron chi connectivity index (χ3n) is 2.50. The monoisotopic (exact) mass is 276 g/mol. The van der Waals surface area contributed by atoms with Crippen LogP contribution in [0.25, 0.3) is 22.6 Å². The highest BCUT2D eigenvalue weighted by Crippen LogP contribution is 2.25. The fourth-order valence-corrected chi connectivity index (χ4v) is 2.35. The molecule has 3 aromatic rings. The highest BCUT2D eigenvalue weighted by Gasteiger charge is 2.09. The minimum Gasteiger partial charge on any atom is -0.461 e. The summed E-state index contributed by atoms with van der Waals surface area (Å²) in [5.41, 5.74) is 3.13. The molecule has 0 aliphatic heterocycles. The molecular formula is C12H9BrN2O. The Morgan fingerprint density at radius 2 is 2.25 bits per heavy atom. The van der Waals surface area contributed by atoms with Crippen molar-refractivity contribution < 1.29 is 4.42 Å². The van der Waals surface area contributed by atoms with Gasteiger partial charge < -0.3 is 9.40 Å². The summed E-state index contributed by atoms with van der Waals surface area (Å²) in [6.45, 7) is 2.04. The van der Waals surface area contributed by atoms with Gasteiger partial charge in [0.05, 0.1) is 17.3 Å². The number of nitrogens with one attached hydrogen (secondary N) is 1. The molecule has 0 unspecified atom stereocenters. The van der Waals surface area contributed by atoms with Crippen molar-refractivity contribution in [1.82, 2.24) is 9.97 Å². The van der Waals surface area contributed by atoms with Crippen molar-refractivity contribution >= 4 is 27.0 Å². The molecule has 0 amide bonds. The van der Waals surface area contributed by atoms with Crippen molar-refractivity contribution in [2.75, 3.05) is 0 Å². The molecule has 1 aromatic carbocycles. The molecule has 0 saturated carbocycles. The lowest BCUT2D eigenvalue weighted by molar-refractivity contribution is 0.578. The number of aromatic amines is 1. The first-order valence-electron chi connectivity index (χ1n) is 4.94. The van der Waals surface area contributed by atoms with Crippen LogP contribution in [0, 0.1) is 6.92 Å². The second kappa shape index (κ2) is 3.49. The van der Waals surface area contributed by atoms with Crippen molar-refractivity contribution in [1.29, 1.82) is 0 Å². The highest BCUT2D eigenvalue weighted by atomic mass is 79.9. The Labute approximate surface area is 101 Å². The number of aromatic nitrogens is 2. The van der Waals surface area contributed by atoms with Gasteiger partial charge in [0.1, 0.15) is 0 Å². The van der Waals surface area contributed by atoms with E-state index in [0.29, 0.717) is 0 Å². The van der Waals surface area contributed by atoms with Crippen LogP contribution in [0.1, 0.15) is 5.56 Å². The lowest BCUT2D eigenvalue weighted by atomic mass is 10.2. The largest absolute Gasteiger partial charge is 0.461 e. The van der Waals surface area contributed by atoms with Crippen LogP contribution >= 0.6 is 15.9 Å². The molecule has 0 aliphatic carbocycles. The van der Waals surface area contributed by atoms with Gasteiger partial charge in [-0.1, -0.05) is 15.9 Å². The van der Waals surface area contributed by atoms with Crippen LogP contribution in [-0.4, -0.2) is 9.97 Å². The quantitative estimate of drug-likeness (QED) is 0.733. The van der Waals surface area contributed by atoms with Crippen LogP contribution in [0.15, 0.2) is 39.4 Å². The first-order chi connectivity index (χ1) is 7.74. The fraction of sp³-hybridized carbons (Fsp3) is 0.0833. The predicted molar refractivity (Wildman–Crippen MR) is 66.2 cm³/mol. The van der Waals surface area contributed by atoms with Crippen LogP contribution in [0.4, 0.5) is 0 Å².